The van der Waals surface area contributed by atoms with Gasteiger partial charge >= 0.3 is 0 Å². The molecule has 0 bridgehead atoms. The van der Waals surface area contributed by atoms with Crippen molar-refractivity contribution in [2.75, 3.05) is 40.8 Å². The fraction of sp³-hybridized carbons (Fsp3) is 0.906. The summed E-state index contributed by atoms with van der Waals surface area (Å²) in [5.74, 6) is 4.63. The van der Waals surface area contributed by atoms with Crippen LogP contribution in [0.1, 0.15) is 86.5 Å². The fourth-order valence-electron chi connectivity index (χ4n) is 7.47. The quantitative estimate of drug-likeness (QED) is 0.491. The smallest absolute Gasteiger partial charge is 0.152 e. The number of nitrogens with zero attached hydrogens (tertiary/aromatic N) is 3. The molecule has 6 heteroatoms. The highest BCUT2D eigenvalue weighted by atomic mass is 16.1. The van der Waals surface area contributed by atoms with E-state index in [4.69, 9.17) is 0 Å². The van der Waals surface area contributed by atoms with Gasteiger partial charge in [-0.1, -0.05) is 54.4 Å². The molecule has 0 aromatic rings. The highest BCUT2D eigenvalue weighted by Crippen LogP contribution is 2.49. The van der Waals surface area contributed by atoms with Gasteiger partial charge in [0.15, 0.2) is 11.6 Å². The molecule has 2 saturated carbocycles. The van der Waals surface area contributed by atoms with Crippen molar-refractivity contribution in [1.82, 2.24) is 14.7 Å². The van der Waals surface area contributed by atoms with E-state index in [9.17, 15) is 14.4 Å². The summed E-state index contributed by atoms with van der Waals surface area (Å²) in [4.78, 5) is 42.1. The second kappa shape index (κ2) is 13.5. The van der Waals surface area contributed by atoms with Gasteiger partial charge in [0.05, 0.1) is 12.1 Å². The largest absolute Gasteiger partial charge is 0.306 e. The maximum atomic E-state index is 12.1. The Hall–Kier alpha value is -1.11. The number of ketones is 3. The normalized spacial score (nSPS) is 34.9. The van der Waals surface area contributed by atoms with E-state index in [2.05, 4.69) is 35.8 Å². The molecule has 38 heavy (non-hydrogen) atoms. The zero-order chi connectivity index (χ0) is 28.3. The summed E-state index contributed by atoms with van der Waals surface area (Å²) in [6.45, 7) is 15.2. The predicted octanol–water partition coefficient (Wildman–Crippen LogP) is 4.80. The Bertz CT molecular complexity index is 823. The van der Waals surface area contributed by atoms with E-state index in [1.165, 1.54) is 32.1 Å². The molecule has 0 amide bonds. The lowest BCUT2D eigenvalue weighted by atomic mass is 9.84. The molecule has 7 unspecified atom stereocenters. The Kier molecular flexibility index (Phi) is 11.2. The summed E-state index contributed by atoms with van der Waals surface area (Å²) < 4.78 is 0. The van der Waals surface area contributed by atoms with E-state index < -0.39 is 0 Å². The molecule has 0 spiro atoms. The molecule has 0 aromatic heterocycles. The first-order valence-electron chi connectivity index (χ1n) is 15.5. The molecule has 0 radical (unpaired) electrons. The van der Waals surface area contributed by atoms with Crippen molar-refractivity contribution in [1.29, 1.82) is 0 Å². The number of likely N-dealkylation sites (tertiary alicyclic amines) is 3. The SMILES string of the molecule is CC(C)C(=O)C1C2CC2CN1C.CC(C)C(=O)C1CC2CCCCC2N1C.CC(C)C(=O)C1CCN(C)C1. The van der Waals surface area contributed by atoms with Crippen LogP contribution in [0.15, 0.2) is 0 Å². The number of likely N-dealkylation sites (N-methyl/N-ethyl adjacent to an activating group) is 2. The van der Waals surface area contributed by atoms with Gasteiger partial charge < -0.3 is 4.90 Å². The Labute approximate surface area is 233 Å². The highest BCUT2D eigenvalue weighted by molar-refractivity contribution is 5.87. The van der Waals surface area contributed by atoms with Crippen molar-refractivity contribution < 1.29 is 14.4 Å². The Morgan fingerprint density at radius 2 is 1.29 bits per heavy atom. The zero-order valence-electron chi connectivity index (χ0n) is 25.9. The maximum Gasteiger partial charge on any atom is 0.152 e. The summed E-state index contributed by atoms with van der Waals surface area (Å²) in [6, 6.07) is 1.18. The summed E-state index contributed by atoms with van der Waals surface area (Å²) in [5.41, 5.74) is 0. The molecule has 6 nitrogen and oxygen atoms in total. The van der Waals surface area contributed by atoms with Gasteiger partial charge in [0.2, 0.25) is 0 Å². The molecular weight excluding hydrogens is 474 g/mol. The molecule has 0 N–H and O–H groups in total. The molecule has 3 aliphatic heterocycles. The number of fused-ring (bicyclic) bond motifs is 2. The fourth-order valence-corrected chi connectivity index (χ4v) is 7.47. The molecule has 5 aliphatic rings. The number of carbonyl (C=O) groups excluding carboxylic acids is 3. The van der Waals surface area contributed by atoms with Crippen LogP contribution in [0.5, 0.6) is 0 Å². The third-order valence-electron chi connectivity index (χ3n) is 9.91. The van der Waals surface area contributed by atoms with E-state index in [-0.39, 0.29) is 29.8 Å². The van der Waals surface area contributed by atoms with Crippen molar-refractivity contribution >= 4 is 17.3 Å². The van der Waals surface area contributed by atoms with Crippen LogP contribution in [-0.4, -0.2) is 91.0 Å². The van der Waals surface area contributed by atoms with Crippen molar-refractivity contribution in [2.45, 2.75) is 105 Å². The topological polar surface area (TPSA) is 60.9 Å². The Morgan fingerprint density at radius 3 is 1.76 bits per heavy atom. The first-order valence-corrected chi connectivity index (χ1v) is 15.5. The number of hydrogen-bond donors (Lipinski definition) is 0. The van der Waals surface area contributed by atoms with E-state index in [1.807, 2.05) is 41.5 Å². The lowest BCUT2D eigenvalue weighted by Crippen LogP contribution is -2.40. The van der Waals surface area contributed by atoms with Crippen LogP contribution in [0.25, 0.3) is 0 Å². The van der Waals surface area contributed by atoms with Crippen LogP contribution >= 0.6 is 0 Å². The third-order valence-corrected chi connectivity index (χ3v) is 9.91. The summed E-state index contributed by atoms with van der Waals surface area (Å²) in [7, 11) is 6.31. The van der Waals surface area contributed by atoms with Crippen LogP contribution in [0.3, 0.4) is 0 Å². The van der Waals surface area contributed by atoms with Crippen molar-refractivity contribution in [2.24, 2.45) is 41.4 Å². The van der Waals surface area contributed by atoms with Gasteiger partial charge in [0.25, 0.3) is 0 Å². The second-order valence-corrected chi connectivity index (χ2v) is 14.0. The number of carbonyl (C=O) groups is 3. The Balaban J connectivity index is 0.000000160. The molecule has 7 atom stereocenters. The maximum absolute atomic E-state index is 12.1. The van der Waals surface area contributed by atoms with Crippen molar-refractivity contribution in [3.05, 3.63) is 0 Å². The molecule has 5 fully saturated rings. The molecule has 5 rings (SSSR count). The lowest BCUT2D eigenvalue weighted by Gasteiger charge is -2.30. The molecule has 218 valence electrons. The summed E-state index contributed by atoms with van der Waals surface area (Å²) in [5, 5.41) is 0. The van der Waals surface area contributed by atoms with Crippen molar-refractivity contribution in [3.63, 3.8) is 0 Å². The minimum absolute atomic E-state index is 0.192. The number of hydrogen-bond acceptors (Lipinski definition) is 6. The van der Waals surface area contributed by atoms with Gasteiger partial charge in [-0.05, 0) is 77.5 Å². The average Bonchev–Trinajstić information content (AvgIpc) is 3.17. The van der Waals surface area contributed by atoms with Gasteiger partial charge in [-0.15, -0.1) is 0 Å². The highest BCUT2D eigenvalue weighted by Gasteiger charge is 2.54. The minimum Gasteiger partial charge on any atom is -0.306 e. The van der Waals surface area contributed by atoms with E-state index in [0.29, 0.717) is 35.2 Å². The average molecular weight is 532 g/mol. The number of piperidine rings is 1. The Morgan fingerprint density at radius 1 is 0.684 bits per heavy atom. The van der Waals surface area contributed by atoms with E-state index >= 15 is 0 Å². The summed E-state index contributed by atoms with van der Waals surface area (Å²) in [6.07, 6.45) is 8.87. The molecule has 2 aliphatic carbocycles. The van der Waals surface area contributed by atoms with Gasteiger partial charge in [-0.25, -0.2) is 0 Å². The van der Waals surface area contributed by atoms with Gasteiger partial charge in [0, 0.05) is 42.8 Å². The molecule has 3 saturated heterocycles. The monoisotopic (exact) mass is 531 g/mol. The molecular formula is C32H57N3O3. The predicted molar refractivity (Wildman–Crippen MR) is 155 cm³/mol. The van der Waals surface area contributed by atoms with Crippen LogP contribution in [0, 0.1) is 41.4 Å². The van der Waals surface area contributed by atoms with Gasteiger partial charge in [-0.3, -0.25) is 24.2 Å². The van der Waals surface area contributed by atoms with E-state index in [1.54, 1.807) is 0 Å². The minimum atomic E-state index is 0.192. The summed E-state index contributed by atoms with van der Waals surface area (Å²) >= 11 is 0. The second-order valence-electron chi connectivity index (χ2n) is 14.0. The van der Waals surface area contributed by atoms with Crippen LogP contribution in [-0.2, 0) is 14.4 Å². The lowest BCUT2D eigenvalue weighted by molar-refractivity contribution is -0.127. The number of rotatable bonds is 6. The molecule has 3 heterocycles. The third kappa shape index (κ3) is 7.54. The van der Waals surface area contributed by atoms with E-state index in [0.717, 1.165) is 44.3 Å². The van der Waals surface area contributed by atoms with Crippen LogP contribution < -0.4 is 0 Å². The van der Waals surface area contributed by atoms with Crippen molar-refractivity contribution in [3.8, 4) is 0 Å². The van der Waals surface area contributed by atoms with Crippen LogP contribution in [0.4, 0.5) is 0 Å². The standard InChI is InChI=1S/C13H23NO.C10H17NO.C9H17NO/c1-9(2)13(15)12-8-10-6-4-5-7-11(10)14(12)3;1-6(2)10(12)9-8-4-7(8)5-11(9)3;1-7(2)9(11)8-4-5-10(3)6-8/h9-12H,4-8H2,1-3H3;6-9H,4-5H2,1-3H3;7-8H,4-6H2,1-3H3. The molecule has 0 aromatic carbocycles. The number of Topliss-reactive ketones (excluding diaryl/α,β-unsaturated/α-hetero) is 3. The first-order chi connectivity index (χ1) is 17.8. The van der Waals surface area contributed by atoms with Crippen LogP contribution in [0.2, 0.25) is 0 Å². The first kappa shape index (κ1) is 31.4. The van der Waals surface area contributed by atoms with Gasteiger partial charge in [0.1, 0.15) is 5.78 Å². The van der Waals surface area contributed by atoms with Gasteiger partial charge in [-0.2, -0.15) is 0 Å². The zero-order valence-corrected chi connectivity index (χ0v) is 25.9.